The SMILES string of the molecule is CC[C@@H](CC(=O)NCc1nc(C(=O)O)cs1)NC(=O)OCC1c2ccccc2-c2ccccc21. The fourth-order valence-electron chi connectivity index (χ4n) is 4.06. The Hall–Kier alpha value is -3.72. The largest absolute Gasteiger partial charge is 0.476 e. The van der Waals surface area contributed by atoms with E-state index in [2.05, 4.69) is 39.9 Å². The van der Waals surface area contributed by atoms with Crippen LogP contribution in [0, 0.1) is 0 Å². The van der Waals surface area contributed by atoms with Gasteiger partial charge in [0.2, 0.25) is 5.91 Å². The summed E-state index contributed by atoms with van der Waals surface area (Å²) in [5, 5.41) is 16.3. The van der Waals surface area contributed by atoms with E-state index in [0.717, 1.165) is 22.3 Å². The Balaban J connectivity index is 1.28. The Bertz CT molecular complexity index is 1160. The number of carbonyl (C=O) groups excluding carboxylic acids is 2. The first-order valence-electron chi connectivity index (χ1n) is 11.0. The molecule has 3 N–H and O–H groups in total. The predicted octanol–water partition coefficient (Wildman–Crippen LogP) is 4.16. The van der Waals surface area contributed by atoms with Crippen molar-refractivity contribution >= 4 is 29.3 Å². The Labute approximate surface area is 201 Å². The molecule has 1 heterocycles. The van der Waals surface area contributed by atoms with Crippen molar-refractivity contribution in [1.29, 1.82) is 0 Å². The van der Waals surface area contributed by atoms with E-state index in [4.69, 9.17) is 9.84 Å². The van der Waals surface area contributed by atoms with Gasteiger partial charge >= 0.3 is 12.1 Å². The maximum atomic E-state index is 12.5. The van der Waals surface area contributed by atoms with Crippen molar-refractivity contribution in [3.63, 3.8) is 0 Å². The zero-order chi connectivity index (χ0) is 24.1. The van der Waals surface area contributed by atoms with Crippen molar-refractivity contribution in [2.24, 2.45) is 0 Å². The number of rotatable bonds is 9. The molecule has 0 fully saturated rings. The van der Waals surface area contributed by atoms with Gasteiger partial charge in [-0.2, -0.15) is 0 Å². The maximum Gasteiger partial charge on any atom is 0.407 e. The molecule has 3 aromatic rings. The molecular weight excluding hydrogens is 454 g/mol. The van der Waals surface area contributed by atoms with Crippen molar-refractivity contribution in [3.05, 3.63) is 75.7 Å². The number of amides is 2. The van der Waals surface area contributed by atoms with Crippen LogP contribution in [0.4, 0.5) is 4.79 Å². The second kappa shape index (κ2) is 10.5. The van der Waals surface area contributed by atoms with Crippen LogP contribution in [0.3, 0.4) is 0 Å². The summed E-state index contributed by atoms with van der Waals surface area (Å²) in [7, 11) is 0. The number of thiazole rings is 1. The number of benzene rings is 2. The van der Waals surface area contributed by atoms with Crippen molar-refractivity contribution < 1.29 is 24.2 Å². The van der Waals surface area contributed by atoms with Gasteiger partial charge in [-0.25, -0.2) is 14.6 Å². The summed E-state index contributed by atoms with van der Waals surface area (Å²) in [5.41, 5.74) is 4.54. The first-order chi connectivity index (χ1) is 16.5. The topological polar surface area (TPSA) is 118 Å². The number of carboxylic acid groups (broad SMARTS) is 1. The number of aromatic nitrogens is 1. The number of hydrogen-bond donors (Lipinski definition) is 3. The van der Waals surface area contributed by atoms with Gasteiger partial charge in [0.1, 0.15) is 11.6 Å². The van der Waals surface area contributed by atoms with E-state index < -0.39 is 12.1 Å². The number of ether oxygens (including phenoxy) is 1. The van der Waals surface area contributed by atoms with Crippen LogP contribution >= 0.6 is 11.3 Å². The molecule has 0 radical (unpaired) electrons. The van der Waals surface area contributed by atoms with Gasteiger partial charge in [-0.1, -0.05) is 55.5 Å². The second-order valence-corrected chi connectivity index (χ2v) is 8.93. The van der Waals surface area contributed by atoms with Gasteiger partial charge in [0.05, 0.1) is 6.54 Å². The van der Waals surface area contributed by atoms with Gasteiger partial charge < -0.3 is 20.5 Å². The van der Waals surface area contributed by atoms with E-state index in [0.29, 0.717) is 11.4 Å². The standard InChI is InChI=1S/C25H25N3O5S/c1-2-15(11-22(29)26-12-23-28-21(14-34-23)24(30)31)27-25(32)33-13-20-18-9-5-3-7-16(18)17-8-4-6-10-19(17)20/h3-10,14-15,20H,2,11-13H2,1H3,(H,26,29)(H,27,32)(H,30,31)/t15-/m0/s1. The molecule has 2 aromatic carbocycles. The highest BCUT2D eigenvalue weighted by atomic mass is 32.1. The number of fused-ring (bicyclic) bond motifs is 3. The van der Waals surface area contributed by atoms with Gasteiger partial charge in [0.15, 0.2) is 5.69 Å². The van der Waals surface area contributed by atoms with Crippen molar-refractivity contribution in [3.8, 4) is 11.1 Å². The summed E-state index contributed by atoms with van der Waals surface area (Å²) in [5.74, 6) is -1.40. The van der Waals surface area contributed by atoms with E-state index in [9.17, 15) is 14.4 Å². The fourth-order valence-corrected chi connectivity index (χ4v) is 4.77. The average molecular weight is 480 g/mol. The maximum absolute atomic E-state index is 12.5. The first kappa shape index (κ1) is 23.4. The molecule has 0 aliphatic heterocycles. The normalized spacial score (nSPS) is 13.0. The molecule has 0 saturated carbocycles. The summed E-state index contributed by atoms with van der Waals surface area (Å²) in [6, 6.07) is 15.9. The third-order valence-corrected chi connectivity index (χ3v) is 6.65. The van der Waals surface area contributed by atoms with Crippen LogP contribution < -0.4 is 10.6 Å². The number of carbonyl (C=O) groups is 3. The van der Waals surface area contributed by atoms with E-state index in [1.165, 1.54) is 16.7 Å². The fraction of sp³-hybridized carbons (Fsp3) is 0.280. The third kappa shape index (κ3) is 5.26. The number of hydrogen-bond acceptors (Lipinski definition) is 6. The highest BCUT2D eigenvalue weighted by Gasteiger charge is 2.29. The highest BCUT2D eigenvalue weighted by Crippen LogP contribution is 2.44. The zero-order valence-electron chi connectivity index (χ0n) is 18.6. The summed E-state index contributed by atoms with van der Waals surface area (Å²) >= 11 is 1.17. The second-order valence-electron chi connectivity index (χ2n) is 7.99. The minimum absolute atomic E-state index is 0.0319. The molecule has 1 atom stereocenters. The lowest BCUT2D eigenvalue weighted by Gasteiger charge is -2.18. The molecule has 34 heavy (non-hydrogen) atoms. The molecule has 0 bridgehead atoms. The van der Waals surface area contributed by atoms with Crippen LogP contribution in [0.25, 0.3) is 11.1 Å². The smallest absolute Gasteiger partial charge is 0.407 e. The number of nitrogens with one attached hydrogen (secondary N) is 2. The van der Waals surface area contributed by atoms with Crippen LogP contribution in [-0.4, -0.2) is 40.7 Å². The molecule has 9 heteroatoms. The van der Waals surface area contributed by atoms with Crippen LogP contribution in [0.1, 0.15) is 52.3 Å². The van der Waals surface area contributed by atoms with Crippen molar-refractivity contribution in [2.75, 3.05) is 6.61 Å². The zero-order valence-corrected chi connectivity index (χ0v) is 19.4. The van der Waals surface area contributed by atoms with E-state index in [1.54, 1.807) is 0 Å². The summed E-state index contributed by atoms with van der Waals surface area (Å²) in [6.45, 7) is 2.22. The van der Waals surface area contributed by atoms with E-state index in [1.807, 2.05) is 31.2 Å². The molecular formula is C25H25N3O5S. The molecule has 0 unspecified atom stereocenters. The molecule has 0 spiro atoms. The molecule has 8 nitrogen and oxygen atoms in total. The van der Waals surface area contributed by atoms with Gasteiger partial charge in [-0.3, -0.25) is 4.79 Å². The molecule has 1 aliphatic rings. The molecule has 0 saturated heterocycles. The van der Waals surface area contributed by atoms with Crippen molar-refractivity contribution in [2.45, 2.75) is 38.3 Å². The predicted molar refractivity (Wildman–Crippen MR) is 128 cm³/mol. The van der Waals surface area contributed by atoms with Gasteiger partial charge in [0, 0.05) is 23.8 Å². The van der Waals surface area contributed by atoms with Crippen molar-refractivity contribution in [1.82, 2.24) is 15.6 Å². The molecule has 2 amide bonds. The Morgan fingerprint density at radius 2 is 1.74 bits per heavy atom. The molecule has 4 rings (SSSR count). The van der Waals surface area contributed by atoms with Gasteiger partial charge in [-0.15, -0.1) is 11.3 Å². The number of alkyl carbamates (subject to hydrolysis) is 1. The van der Waals surface area contributed by atoms with Gasteiger partial charge in [-0.05, 0) is 28.7 Å². The third-order valence-electron chi connectivity index (χ3n) is 5.80. The lowest BCUT2D eigenvalue weighted by Crippen LogP contribution is -2.39. The quantitative estimate of drug-likeness (QED) is 0.424. The highest BCUT2D eigenvalue weighted by molar-refractivity contribution is 7.09. The first-order valence-corrected chi connectivity index (χ1v) is 11.9. The number of aromatic carboxylic acids is 1. The van der Waals surface area contributed by atoms with E-state index >= 15 is 0 Å². The molecule has 176 valence electrons. The summed E-state index contributed by atoms with van der Waals surface area (Å²) < 4.78 is 5.56. The Morgan fingerprint density at radius 1 is 1.09 bits per heavy atom. The van der Waals surface area contributed by atoms with Crippen LogP contribution in [0.5, 0.6) is 0 Å². The Morgan fingerprint density at radius 3 is 2.32 bits per heavy atom. The van der Waals surface area contributed by atoms with Crippen LogP contribution in [0.15, 0.2) is 53.9 Å². The minimum atomic E-state index is -1.10. The summed E-state index contributed by atoms with van der Waals surface area (Å²) in [6.07, 6.45) is 0.0723. The number of carboxylic acids is 1. The monoisotopic (exact) mass is 479 g/mol. The van der Waals surface area contributed by atoms with Crippen LogP contribution in [-0.2, 0) is 16.1 Å². The number of nitrogens with zero attached hydrogens (tertiary/aromatic N) is 1. The lowest BCUT2D eigenvalue weighted by molar-refractivity contribution is -0.121. The Kier molecular flexibility index (Phi) is 7.22. The van der Waals surface area contributed by atoms with Gasteiger partial charge in [0.25, 0.3) is 0 Å². The average Bonchev–Trinajstić information content (AvgIpc) is 3.44. The molecule has 1 aliphatic carbocycles. The summed E-state index contributed by atoms with van der Waals surface area (Å²) in [4.78, 5) is 39.6. The minimum Gasteiger partial charge on any atom is -0.476 e. The van der Waals surface area contributed by atoms with Crippen LogP contribution in [0.2, 0.25) is 0 Å². The van der Waals surface area contributed by atoms with E-state index in [-0.39, 0.29) is 43.1 Å². The molecule has 1 aromatic heterocycles. The lowest BCUT2D eigenvalue weighted by atomic mass is 9.98.